The molecule has 0 fully saturated rings. The maximum Gasteiger partial charge on any atom is 0.243 e. The summed E-state index contributed by atoms with van der Waals surface area (Å²) in [5, 5.41) is 4.22. The lowest BCUT2D eigenvalue weighted by Gasteiger charge is -2.15. The van der Waals surface area contributed by atoms with Crippen molar-refractivity contribution in [2.24, 2.45) is 11.5 Å². The standard InChI is InChI=1S/C35H39Cl2N5O6/c1-45-34-22(7-3-4-17-47-20-30(38)43)12-14-28(41-34)26-10-5-8-24(32(26)36)25-9-6-11-27(33(25)37)29-15-13-23(35(42-29)46-2)19-40-16-18-48-21-31(39)44/h5-6,8-15,40H,3-4,7,16-21H2,1-2H3,(H2,38,43)(H2,39,44). The number of methoxy groups -OCH3 is 2. The molecule has 0 aliphatic rings. The summed E-state index contributed by atoms with van der Waals surface area (Å²) in [6, 6.07) is 19.2. The smallest absolute Gasteiger partial charge is 0.243 e. The van der Waals surface area contributed by atoms with E-state index in [1.54, 1.807) is 14.2 Å². The van der Waals surface area contributed by atoms with Crippen LogP contribution in [0.25, 0.3) is 33.6 Å². The van der Waals surface area contributed by atoms with Gasteiger partial charge in [0.2, 0.25) is 23.6 Å². The molecular formula is C35H39Cl2N5O6. The summed E-state index contributed by atoms with van der Waals surface area (Å²) in [5.74, 6) is -0.0141. The van der Waals surface area contributed by atoms with Gasteiger partial charge in [-0.15, -0.1) is 0 Å². The van der Waals surface area contributed by atoms with E-state index < -0.39 is 11.8 Å². The van der Waals surface area contributed by atoms with E-state index >= 15 is 0 Å². The van der Waals surface area contributed by atoms with Crippen molar-refractivity contribution in [2.75, 3.05) is 47.2 Å². The fourth-order valence-electron chi connectivity index (χ4n) is 5.02. The van der Waals surface area contributed by atoms with Crippen LogP contribution in [0.3, 0.4) is 0 Å². The Morgan fingerprint density at radius 3 is 1.73 bits per heavy atom. The molecule has 0 unspecified atom stereocenters. The van der Waals surface area contributed by atoms with E-state index in [0.717, 1.165) is 52.6 Å². The molecule has 254 valence electrons. The molecule has 0 atom stereocenters. The molecular weight excluding hydrogens is 657 g/mol. The van der Waals surface area contributed by atoms with Crippen molar-refractivity contribution in [1.29, 1.82) is 0 Å². The first kappa shape index (κ1) is 36.6. The van der Waals surface area contributed by atoms with E-state index in [1.165, 1.54) is 0 Å². The zero-order chi connectivity index (χ0) is 34.5. The van der Waals surface area contributed by atoms with Gasteiger partial charge in [-0.1, -0.05) is 71.7 Å². The summed E-state index contributed by atoms with van der Waals surface area (Å²) in [6.45, 7) is 1.61. The number of nitrogens with one attached hydrogen (secondary N) is 1. The number of unbranched alkanes of at least 4 members (excludes halogenated alkanes) is 1. The molecule has 0 aliphatic heterocycles. The maximum absolute atomic E-state index is 10.8. The van der Waals surface area contributed by atoms with Gasteiger partial charge in [-0.3, -0.25) is 9.59 Å². The molecule has 0 saturated carbocycles. The average Bonchev–Trinajstić information content (AvgIpc) is 3.08. The van der Waals surface area contributed by atoms with Crippen molar-refractivity contribution < 1.29 is 28.5 Å². The number of ether oxygens (including phenoxy) is 4. The Bertz CT molecular complexity index is 1600. The predicted octanol–water partition coefficient (Wildman–Crippen LogP) is 5.22. The molecule has 48 heavy (non-hydrogen) atoms. The van der Waals surface area contributed by atoms with E-state index in [2.05, 4.69) is 5.32 Å². The summed E-state index contributed by atoms with van der Waals surface area (Å²) in [6.07, 6.45) is 2.33. The van der Waals surface area contributed by atoms with E-state index in [1.807, 2.05) is 60.7 Å². The minimum atomic E-state index is -0.507. The minimum absolute atomic E-state index is 0.0776. The van der Waals surface area contributed by atoms with Gasteiger partial charge in [0, 0.05) is 53.1 Å². The Morgan fingerprint density at radius 1 is 0.688 bits per heavy atom. The Hall–Kier alpha value is -4.26. The van der Waals surface area contributed by atoms with Crippen molar-refractivity contribution in [3.63, 3.8) is 0 Å². The number of primary amides is 2. The van der Waals surface area contributed by atoms with E-state index in [0.29, 0.717) is 59.5 Å². The molecule has 13 heteroatoms. The van der Waals surface area contributed by atoms with Crippen LogP contribution in [-0.2, 0) is 32.0 Å². The summed E-state index contributed by atoms with van der Waals surface area (Å²) in [7, 11) is 3.15. The Balaban J connectivity index is 1.52. The molecule has 0 saturated heterocycles. The lowest BCUT2D eigenvalue weighted by molar-refractivity contribution is -0.123. The number of halogens is 2. The molecule has 0 bridgehead atoms. The number of nitrogens with zero attached hydrogens (tertiary/aromatic N) is 2. The Morgan fingerprint density at radius 2 is 1.19 bits per heavy atom. The summed E-state index contributed by atoms with van der Waals surface area (Å²) < 4.78 is 21.6. The SMILES string of the molecule is COc1nc(-c2cccc(-c3cccc(-c4ccc(CNCCOCC(N)=O)c(OC)n4)c3Cl)c2Cl)ccc1CCCCOCC(N)=O. The largest absolute Gasteiger partial charge is 0.481 e. The van der Waals surface area contributed by atoms with Gasteiger partial charge in [-0.2, -0.15) is 0 Å². The van der Waals surface area contributed by atoms with Gasteiger partial charge in [-0.25, -0.2) is 9.97 Å². The Kier molecular flexibility index (Phi) is 14.0. The third-order valence-electron chi connectivity index (χ3n) is 7.32. The van der Waals surface area contributed by atoms with Gasteiger partial charge in [0.05, 0.1) is 42.3 Å². The van der Waals surface area contributed by atoms with Crippen LogP contribution >= 0.6 is 23.2 Å². The van der Waals surface area contributed by atoms with Crippen molar-refractivity contribution in [3.05, 3.63) is 81.8 Å². The summed E-state index contributed by atoms with van der Waals surface area (Å²) >= 11 is 14.1. The number of hydrogen-bond donors (Lipinski definition) is 3. The van der Waals surface area contributed by atoms with Crippen LogP contribution in [0, 0.1) is 0 Å². The highest BCUT2D eigenvalue weighted by atomic mass is 35.5. The van der Waals surface area contributed by atoms with Gasteiger partial charge in [-0.05, 0) is 31.4 Å². The number of carbonyl (C=O) groups excluding carboxylic acids is 2. The van der Waals surface area contributed by atoms with Gasteiger partial charge in [0.1, 0.15) is 13.2 Å². The van der Waals surface area contributed by atoms with E-state index in [-0.39, 0.29) is 13.2 Å². The highest BCUT2D eigenvalue weighted by molar-refractivity contribution is 6.39. The predicted molar refractivity (Wildman–Crippen MR) is 186 cm³/mol. The lowest BCUT2D eigenvalue weighted by atomic mass is 9.98. The molecule has 5 N–H and O–H groups in total. The molecule has 11 nitrogen and oxygen atoms in total. The first-order chi connectivity index (χ1) is 23.2. The number of hydrogen-bond acceptors (Lipinski definition) is 9. The molecule has 2 amide bonds. The number of aromatic nitrogens is 2. The molecule has 4 aromatic rings. The second kappa shape index (κ2) is 18.3. The first-order valence-corrected chi connectivity index (χ1v) is 16.1. The number of aryl methyl sites for hydroxylation is 1. The lowest BCUT2D eigenvalue weighted by Crippen LogP contribution is -2.24. The van der Waals surface area contributed by atoms with Crippen LogP contribution in [0.1, 0.15) is 24.0 Å². The van der Waals surface area contributed by atoms with Crippen LogP contribution in [0.5, 0.6) is 11.8 Å². The molecule has 2 aromatic carbocycles. The first-order valence-electron chi connectivity index (χ1n) is 15.3. The normalized spacial score (nSPS) is 11.0. The highest BCUT2D eigenvalue weighted by Crippen LogP contribution is 2.42. The second-order valence-corrected chi connectivity index (χ2v) is 11.5. The summed E-state index contributed by atoms with van der Waals surface area (Å²) in [5.41, 5.74) is 16.2. The zero-order valence-electron chi connectivity index (χ0n) is 26.9. The molecule has 4 rings (SSSR count). The van der Waals surface area contributed by atoms with Crippen LogP contribution in [0.15, 0.2) is 60.7 Å². The zero-order valence-corrected chi connectivity index (χ0v) is 28.4. The number of amides is 2. The summed E-state index contributed by atoms with van der Waals surface area (Å²) in [4.78, 5) is 31.1. The molecule has 2 heterocycles. The second-order valence-electron chi connectivity index (χ2n) is 10.7. The van der Waals surface area contributed by atoms with Crippen LogP contribution in [0.4, 0.5) is 0 Å². The average molecular weight is 697 g/mol. The topological polar surface area (TPSA) is 161 Å². The van der Waals surface area contributed by atoms with Gasteiger partial charge >= 0.3 is 0 Å². The minimum Gasteiger partial charge on any atom is -0.481 e. The van der Waals surface area contributed by atoms with Crippen LogP contribution in [0.2, 0.25) is 10.0 Å². The quantitative estimate of drug-likeness (QED) is 0.112. The third kappa shape index (κ3) is 9.88. The van der Waals surface area contributed by atoms with Crippen LogP contribution in [-0.4, -0.2) is 69.0 Å². The monoisotopic (exact) mass is 695 g/mol. The van der Waals surface area contributed by atoms with Crippen molar-refractivity contribution in [1.82, 2.24) is 15.3 Å². The molecule has 0 aliphatic carbocycles. The van der Waals surface area contributed by atoms with Crippen molar-refractivity contribution in [2.45, 2.75) is 25.8 Å². The fourth-order valence-corrected chi connectivity index (χ4v) is 5.67. The molecule has 0 spiro atoms. The van der Waals surface area contributed by atoms with Gasteiger partial charge in [0.15, 0.2) is 0 Å². The van der Waals surface area contributed by atoms with Gasteiger partial charge in [0.25, 0.3) is 0 Å². The van der Waals surface area contributed by atoms with E-state index in [9.17, 15) is 9.59 Å². The van der Waals surface area contributed by atoms with Gasteiger partial charge < -0.3 is 35.7 Å². The fraction of sp³-hybridized carbons (Fsp3) is 0.314. The molecule has 0 radical (unpaired) electrons. The molecule has 2 aromatic heterocycles. The van der Waals surface area contributed by atoms with E-state index in [4.69, 9.17) is 63.6 Å². The number of rotatable bonds is 19. The maximum atomic E-state index is 10.8. The number of pyridine rings is 2. The van der Waals surface area contributed by atoms with Crippen molar-refractivity contribution in [3.8, 4) is 45.4 Å². The van der Waals surface area contributed by atoms with Crippen molar-refractivity contribution >= 4 is 35.0 Å². The highest BCUT2D eigenvalue weighted by Gasteiger charge is 2.18. The number of nitrogens with two attached hydrogens (primary N) is 2. The third-order valence-corrected chi connectivity index (χ3v) is 8.13. The number of carbonyl (C=O) groups is 2. The number of benzene rings is 2. The Labute approximate surface area is 289 Å². The van der Waals surface area contributed by atoms with Crippen LogP contribution < -0.4 is 26.3 Å².